The molecule has 0 saturated carbocycles. The van der Waals surface area contributed by atoms with Crippen molar-refractivity contribution < 1.29 is 18.4 Å². The van der Waals surface area contributed by atoms with E-state index >= 15 is 0 Å². The molecule has 0 aliphatic carbocycles. The lowest BCUT2D eigenvalue weighted by molar-refractivity contribution is -0.117. The van der Waals surface area contributed by atoms with Crippen LogP contribution >= 0.6 is 0 Å². The summed E-state index contributed by atoms with van der Waals surface area (Å²) in [5.41, 5.74) is 0.625. The second-order valence-electron chi connectivity index (χ2n) is 5.63. The molecule has 1 fully saturated rings. The minimum absolute atomic E-state index is 0.0381. The largest absolute Gasteiger partial charge is 0.407 e. The molecule has 1 aromatic carbocycles. The smallest absolute Gasteiger partial charge is 0.322 e. The SMILES string of the molecule is CCCC(=O)Nc1nnc(C2CC(=O)N(c3ccc(F)cc3)C2)o1. The molecule has 1 aliphatic heterocycles. The third-order valence-corrected chi connectivity index (χ3v) is 3.78. The Morgan fingerprint density at radius 1 is 1.38 bits per heavy atom. The summed E-state index contributed by atoms with van der Waals surface area (Å²) in [6.07, 6.45) is 1.32. The van der Waals surface area contributed by atoms with Crippen molar-refractivity contribution in [2.75, 3.05) is 16.8 Å². The standard InChI is InChI=1S/C16H17FN4O3/c1-2-3-13(22)18-16-20-19-15(24-16)10-8-14(23)21(9-10)12-6-4-11(17)5-7-12/h4-7,10H,2-3,8-9H2,1H3,(H,18,20,22). The molecule has 2 heterocycles. The Morgan fingerprint density at radius 3 is 2.83 bits per heavy atom. The van der Waals surface area contributed by atoms with Gasteiger partial charge in [-0.3, -0.25) is 14.9 Å². The summed E-state index contributed by atoms with van der Waals surface area (Å²) in [5, 5.41) is 10.2. The number of anilines is 2. The Labute approximate surface area is 137 Å². The van der Waals surface area contributed by atoms with Gasteiger partial charge in [-0.1, -0.05) is 12.0 Å². The van der Waals surface area contributed by atoms with Gasteiger partial charge in [-0.15, -0.1) is 5.10 Å². The van der Waals surface area contributed by atoms with Crippen LogP contribution in [0.15, 0.2) is 28.7 Å². The Bertz CT molecular complexity index is 744. The number of aromatic nitrogens is 2. The van der Waals surface area contributed by atoms with E-state index in [1.54, 1.807) is 17.0 Å². The Morgan fingerprint density at radius 2 is 2.12 bits per heavy atom. The van der Waals surface area contributed by atoms with E-state index in [9.17, 15) is 14.0 Å². The van der Waals surface area contributed by atoms with Gasteiger partial charge in [0.15, 0.2) is 0 Å². The lowest BCUT2D eigenvalue weighted by atomic mass is 10.1. The van der Waals surface area contributed by atoms with Gasteiger partial charge in [0, 0.05) is 25.1 Å². The number of carbonyl (C=O) groups is 2. The second kappa shape index (κ2) is 6.77. The van der Waals surface area contributed by atoms with Crippen LogP contribution in [0.2, 0.25) is 0 Å². The number of halogens is 1. The molecule has 0 spiro atoms. The third kappa shape index (κ3) is 3.42. The molecule has 2 amide bonds. The molecule has 1 unspecified atom stereocenters. The van der Waals surface area contributed by atoms with Gasteiger partial charge in [0.05, 0.1) is 5.92 Å². The van der Waals surface area contributed by atoms with E-state index in [1.807, 2.05) is 6.92 Å². The van der Waals surface area contributed by atoms with Crippen LogP contribution in [0.4, 0.5) is 16.1 Å². The number of benzene rings is 1. The molecule has 24 heavy (non-hydrogen) atoms. The van der Waals surface area contributed by atoms with Gasteiger partial charge in [-0.2, -0.15) is 0 Å². The normalized spacial score (nSPS) is 17.3. The summed E-state index contributed by atoms with van der Waals surface area (Å²) in [6, 6.07) is 5.77. The minimum atomic E-state index is -0.355. The fraction of sp³-hybridized carbons (Fsp3) is 0.375. The molecule has 1 atom stereocenters. The first-order valence-corrected chi connectivity index (χ1v) is 7.76. The van der Waals surface area contributed by atoms with E-state index in [0.29, 0.717) is 24.5 Å². The van der Waals surface area contributed by atoms with E-state index in [0.717, 1.165) is 6.42 Å². The summed E-state index contributed by atoms with van der Waals surface area (Å²) in [7, 11) is 0. The van der Waals surface area contributed by atoms with Crippen LogP contribution in [-0.2, 0) is 9.59 Å². The molecule has 1 saturated heterocycles. The second-order valence-corrected chi connectivity index (χ2v) is 5.63. The zero-order valence-corrected chi connectivity index (χ0v) is 13.2. The van der Waals surface area contributed by atoms with Crippen LogP contribution in [0.3, 0.4) is 0 Å². The Balaban J connectivity index is 1.68. The van der Waals surface area contributed by atoms with E-state index in [1.165, 1.54) is 12.1 Å². The highest BCUT2D eigenvalue weighted by molar-refractivity contribution is 5.96. The molecule has 1 aliphatic rings. The van der Waals surface area contributed by atoms with Gasteiger partial charge in [0.25, 0.3) is 0 Å². The van der Waals surface area contributed by atoms with Crippen molar-refractivity contribution >= 4 is 23.5 Å². The Kier molecular flexibility index (Phi) is 4.54. The molecule has 126 valence electrons. The molecular formula is C16H17FN4O3. The first-order chi connectivity index (χ1) is 11.6. The molecule has 8 heteroatoms. The molecule has 7 nitrogen and oxygen atoms in total. The molecule has 1 aromatic heterocycles. The molecule has 3 rings (SSSR count). The topological polar surface area (TPSA) is 88.3 Å². The van der Waals surface area contributed by atoms with Gasteiger partial charge in [-0.05, 0) is 30.7 Å². The highest BCUT2D eigenvalue weighted by atomic mass is 19.1. The van der Waals surface area contributed by atoms with Crippen LogP contribution in [0, 0.1) is 5.82 Å². The van der Waals surface area contributed by atoms with Crippen molar-refractivity contribution in [2.24, 2.45) is 0 Å². The lowest BCUT2D eigenvalue weighted by Crippen LogP contribution is -2.24. The van der Waals surface area contributed by atoms with Crippen LogP contribution in [0.25, 0.3) is 0 Å². The van der Waals surface area contributed by atoms with Crippen LogP contribution < -0.4 is 10.2 Å². The zero-order chi connectivity index (χ0) is 17.1. The van der Waals surface area contributed by atoms with Gasteiger partial charge >= 0.3 is 6.01 Å². The predicted octanol–water partition coefficient (Wildman–Crippen LogP) is 2.47. The summed E-state index contributed by atoms with van der Waals surface area (Å²) in [4.78, 5) is 25.3. The fourth-order valence-corrected chi connectivity index (χ4v) is 2.60. The van der Waals surface area contributed by atoms with Crippen LogP contribution in [0.1, 0.15) is 38.0 Å². The van der Waals surface area contributed by atoms with Crippen molar-refractivity contribution in [1.82, 2.24) is 10.2 Å². The Hall–Kier alpha value is -2.77. The van der Waals surface area contributed by atoms with Crippen molar-refractivity contribution in [3.63, 3.8) is 0 Å². The number of hydrogen-bond acceptors (Lipinski definition) is 5. The first kappa shape index (κ1) is 16.1. The third-order valence-electron chi connectivity index (χ3n) is 3.78. The van der Waals surface area contributed by atoms with E-state index in [2.05, 4.69) is 15.5 Å². The van der Waals surface area contributed by atoms with Gasteiger partial charge in [-0.25, -0.2) is 4.39 Å². The number of carbonyl (C=O) groups excluding carboxylic acids is 2. The summed E-state index contributed by atoms with van der Waals surface area (Å²) in [6.45, 7) is 2.27. The summed E-state index contributed by atoms with van der Waals surface area (Å²) >= 11 is 0. The maximum Gasteiger partial charge on any atom is 0.322 e. The number of nitrogens with zero attached hydrogens (tertiary/aromatic N) is 3. The quantitative estimate of drug-likeness (QED) is 0.908. The number of amides is 2. The molecule has 2 aromatic rings. The number of rotatable bonds is 5. The van der Waals surface area contributed by atoms with E-state index in [4.69, 9.17) is 4.42 Å². The van der Waals surface area contributed by atoms with Gasteiger partial charge in [0.1, 0.15) is 5.82 Å². The van der Waals surface area contributed by atoms with Crippen LogP contribution in [0.5, 0.6) is 0 Å². The lowest BCUT2D eigenvalue weighted by Gasteiger charge is -2.15. The van der Waals surface area contributed by atoms with Gasteiger partial charge < -0.3 is 9.32 Å². The average molecular weight is 332 g/mol. The average Bonchev–Trinajstić information content (AvgIpc) is 3.15. The number of nitrogens with one attached hydrogen (secondary N) is 1. The van der Waals surface area contributed by atoms with Crippen LogP contribution in [-0.4, -0.2) is 28.6 Å². The van der Waals surface area contributed by atoms with Gasteiger partial charge in [0.2, 0.25) is 17.7 Å². The highest BCUT2D eigenvalue weighted by Gasteiger charge is 2.35. The maximum absolute atomic E-state index is 13.0. The minimum Gasteiger partial charge on any atom is -0.407 e. The summed E-state index contributed by atoms with van der Waals surface area (Å²) in [5.74, 6) is -0.595. The highest BCUT2D eigenvalue weighted by Crippen LogP contribution is 2.31. The van der Waals surface area contributed by atoms with Crippen molar-refractivity contribution in [2.45, 2.75) is 32.1 Å². The molecule has 1 N–H and O–H groups in total. The fourth-order valence-electron chi connectivity index (χ4n) is 2.60. The van der Waals surface area contributed by atoms with E-state index in [-0.39, 0.29) is 36.0 Å². The monoisotopic (exact) mass is 332 g/mol. The molecule has 0 radical (unpaired) electrons. The first-order valence-electron chi connectivity index (χ1n) is 7.76. The molecular weight excluding hydrogens is 315 g/mol. The molecule has 0 bridgehead atoms. The van der Waals surface area contributed by atoms with E-state index < -0.39 is 0 Å². The van der Waals surface area contributed by atoms with Crippen molar-refractivity contribution in [1.29, 1.82) is 0 Å². The van der Waals surface area contributed by atoms with Crippen molar-refractivity contribution in [3.05, 3.63) is 36.0 Å². The predicted molar refractivity (Wildman–Crippen MR) is 83.9 cm³/mol. The summed E-state index contributed by atoms with van der Waals surface area (Å²) < 4.78 is 18.4. The number of hydrogen-bond donors (Lipinski definition) is 1. The maximum atomic E-state index is 13.0. The zero-order valence-electron chi connectivity index (χ0n) is 13.2. The van der Waals surface area contributed by atoms with Crippen molar-refractivity contribution in [3.8, 4) is 0 Å².